The molecular weight excluding hydrogens is 216 g/mol. The lowest BCUT2D eigenvalue weighted by atomic mass is 9.99. The molecule has 0 spiro atoms. The maximum absolute atomic E-state index is 11.6. The van der Waals surface area contributed by atoms with Crippen molar-refractivity contribution in [1.82, 2.24) is 0 Å². The van der Waals surface area contributed by atoms with Crippen LogP contribution in [0.1, 0.15) is 21.5 Å². The van der Waals surface area contributed by atoms with Crippen LogP contribution >= 0.6 is 0 Å². The van der Waals surface area contributed by atoms with Crippen LogP contribution in [-0.4, -0.2) is 18.2 Å². The normalized spacial score (nSPS) is 10.5. The smallest absolute Gasteiger partial charge is 0.341 e. The lowest BCUT2D eigenvalue weighted by Crippen LogP contribution is -2.04. The van der Waals surface area contributed by atoms with Crippen molar-refractivity contribution in [3.8, 4) is 5.75 Å². The maximum atomic E-state index is 11.6. The summed E-state index contributed by atoms with van der Waals surface area (Å²) in [5.74, 6) is -0.519. The number of aryl methyl sites for hydroxylation is 2. The van der Waals surface area contributed by atoms with E-state index in [1.54, 1.807) is 6.92 Å². The molecule has 0 heterocycles. The van der Waals surface area contributed by atoms with E-state index in [0.29, 0.717) is 10.9 Å². The fourth-order valence-corrected chi connectivity index (χ4v) is 2.00. The van der Waals surface area contributed by atoms with E-state index >= 15 is 0 Å². The monoisotopic (exact) mass is 230 g/mol. The molecule has 0 fully saturated rings. The largest absolute Gasteiger partial charge is 0.506 e. The van der Waals surface area contributed by atoms with E-state index in [1.807, 2.05) is 31.2 Å². The number of fused-ring (bicyclic) bond motifs is 1. The third-order valence-electron chi connectivity index (χ3n) is 2.85. The highest BCUT2D eigenvalue weighted by atomic mass is 16.5. The Bertz CT molecular complexity index is 600. The van der Waals surface area contributed by atoms with Gasteiger partial charge in [-0.25, -0.2) is 4.79 Å². The number of aromatic hydroxyl groups is 1. The van der Waals surface area contributed by atoms with Crippen molar-refractivity contribution in [3.63, 3.8) is 0 Å². The third kappa shape index (κ3) is 1.84. The SMILES string of the molecule is COC(=O)c1c(C)cc2cc(C)ccc2c1O. The van der Waals surface area contributed by atoms with Crippen LogP contribution in [0, 0.1) is 13.8 Å². The quantitative estimate of drug-likeness (QED) is 0.766. The van der Waals surface area contributed by atoms with Gasteiger partial charge in [0.05, 0.1) is 7.11 Å². The van der Waals surface area contributed by atoms with E-state index in [0.717, 1.165) is 10.9 Å². The number of phenols is 1. The topological polar surface area (TPSA) is 46.5 Å². The molecule has 3 heteroatoms. The number of hydrogen-bond donors (Lipinski definition) is 1. The van der Waals surface area contributed by atoms with Crippen molar-refractivity contribution in [3.05, 3.63) is 41.0 Å². The molecular formula is C14H14O3. The maximum Gasteiger partial charge on any atom is 0.341 e. The van der Waals surface area contributed by atoms with Crippen LogP contribution in [0.5, 0.6) is 5.75 Å². The zero-order chi connectivity index (χ0) is 12.6. The number of hydrogen-bond acceptors (Lipinski definition) is 3. The predicted molar refractivity (Wildman–Crippen MR) is 66.4 cm³/mol. The summed E-state index contributed by atoms with van der Waals surface area (Å²) in [6.45, 7) is 3.77. The lowest BCUT2D eigenvalue weighted by Gasteiger charge is -2.10. The first-order valence-corrected chi connectivity index (χ1v) is 5.36. The summed E-state index contributed by atoms with van der Waals surface area (Å²) in [6, 6.07) is 7.57. The Morgan fingerprint density at radius 1 is 1.24 bits per heavy atom. The second kappa shape index (κ2) is 4.09. The van der Waals surface area contributed by atoms with Crippen LogP contribution in [0.4, 0.5) is 0 Å². The molecule has 0 aliphatic rings. The number of esters is 1. The molecule has 0 saturated heterocycles. The van der Waals surface area contributed by atoms with Gasteiger partial charge in [0.2, 0.25) is 0 Å². The van der Waals surface area contributed by atoms with E-state index in [4.69, 9.17) is 0 Å². The van der Waals surface area contributed by atoms with Crippen molar-refractivity contribution in [2.24, 2.45) is 0 Å². The van der Waals surface area contributed by atoms with Crippen LogP contribution in [0.2, 0.25) is 0 Å². The molecule has 0 aliphatic carbocycles. The Balaban J connectivity index is 2.80. The highest BCUT2D eigenvalue weighted by Crippen LogP contribution is 2.32. The fraction of sp³-hybridized carbons (Fsp3) is 0.214. The molecule has 0 amide bonds. The fourth-order valence-electron chi connectivity index (χ4n) is 2.00. The van der Waals surface area contributed by atoms with Gasteiger partial charge in [-0.2, -0.15) is 0 Å². The minimum atomic E-state index is -0.512. The molecule has 17 heavy (non-hydrogen) atoms. The molecule has 2 aromatic carbocycles. The highest BCUT2D eigenvalue weighted by Gasteiger charge is 2.17. The Kier molecular flexibility index (Phi) is 2.76. The van der Waals surface area contributed by atoms with Crippen molar-refractivity contribution in [2.75, 3.05) is 7.11 Å². The Hall–Kier alpha value is -2.03. The second-order valence-electron chi connectivity index (χ2n) is 4.13. The number of carbonyl (C=O) groups excluding carboxylic acids is 1. The summed E-state index contributed by atoms with van der Waals surface area (Å²) < 4.78 is 4.67. The molecule has 2 rings (SSSR count). The van der Waals surface area contributed by atoms with Crippen LogP contribution in [0.15, 0.2) is 24.3 Å². The predicted octanol–water partition coefficient (Wildman–Crippen LogP) is 2.95. The van der Waals surface area contributed by atoms with Crippen molar-refractivity contribution < 1.29 is 14.6 Å². The molecule has 0 atom stereocenters. The summed E-state index contributed by atoms with van der Waals surface area (Å²) in [6.07, 6.45) is 0. The Morgan fingerprint density at radius 2 is 1.94 bits per heavy atom. The van der Waals surface area contributed by atoms with Gasteiger partial charge in [-0.1, -0.05) is 29.8 Å². The minimum absolute atomic E-state index is 0.00755. The molecule has 2 aromatic rings. The van der Waals surface area contributed by atoms with Gasteiger partial charge in [-0.05, 0) is 24.8 Å². The van der Waals surface area contributed by atoms with E-state index in [2.05, 4.69) is 4.74 Å². The van der Waals surface area contributed by atoms with Gasteiger partial charge in [0.1, 0.15) is 11.3 Å². The average Bonchev–Trinajstić information content (AvgIpc) is 2.28. The first kappa shape index (κ1) is 11.5. The van der Waals surface area contributed by atoms with Gasteiger partial charge in [-0.15, -0.1) is 0 Å². The molecule has 0 aromatic heterocycles. The first-order chi connectivity index (χ1) is 8.04. The van der Waals surface area contributed by atoms with Crippen LogP contribution in [-0.2, 0) is 4.74 Å². The highest BCUT2D eigenvalue weighted by molar-refractivity contribution is 6.02. The zero-order valence-corrected chi connectivity index (χ0v) is 10.1. The minimum Gasteiger partial charge on any atom is -0.506 e. The first-order valence-electron chi connectivity index (χ1n) is 5.36. The van der Waals surface area contributed by atoms with Gasteiger partial charge < -0.3 is 9.84 Å². The summed E-state index contributed by atoms with van der Waals surface area (Å²) in [5, 5.41) is 11.7. The van der Waals surface area contributed by atoms with E-state index in [-0.39, 0.29) is 11.3 Å². The number of carbonyl (C=O) groups is 1. The molecule has 0 unspecified atom stereocenters. The zero-order valence-electron chi connectivity index (χ0n) is 10.1. The molecule has 3 nitrogen and oxygen atoms in total. The van der Waals surface area contributed by atoms with Gasteiger partial charge in [-0.3, -0.25) is 0 Å². The third-order valence-corrected chi connectivity index (χ3v) is 2.85. The number of rotatable bonds is 1. The summed E-state index contributed by atoms with van der Waals surface area (Å²) in [7, 11) is 1.31. The van der Waals surface area contributed by atoms with Crippen molar-refractivity contribution in [2.45, 2.75) is 13.8 Å². The van der Waals surface area contributed by atoms with Gasteiger partial charge in [0.25, 0.3) is 0 Å². The van der Waals surface area contributed by atoms with Gasteiger partial charge in [0.15, 0.2) is 0 Å². The number of ether oxygens (including phenoxy) is 1. The van der Waals surface area contributed by atoms with Gasteiger partial charge in [0, 0.05) is 5.39 Å². The summed E-state index contributed by atoms with van der Waals surface area (Å²) >= 11 is 0. The standard InChI is InChI=1S/C14H14O3/c1-8-4-5-11-10(6-8)7-9(2)12(13(11)15)14(16)17-3/h4-7,15H,1-3H3. The molecule has 0 radical (unpaired) electrons. The van der Waals surface area contributed by atoms with E-state index < -0.39 is 5.97 Å². The lowest BCUT2D eigenvalue weighted by molar-refractivity contribution is 0.0597. The number of phenolic OH excluding ortho intramolecular Hbond substituents is 1. The molecule has 0 bridgehead atoms. The van der Waals surface area contributed by atoms with E-state index in [1.165, 1.54) is 7.11 Å². The summed E-state index contributed by atoms with van der Waals surface area (Å²) in [5.41, 5.74) is 2.07. The second-order valence-corrected chi connectivity index (χ2v) is 4.13. The Labute approximate surface area is 99.6 Å². The summed E-state index contributed by atoms with van der Waals surface area (Å²) in [4.78, 5) is 11.6. The molecule has 88 valence electrons. The van der Waals surface area contributed by atoms with Crippen LogP contribution < -0.4 is 0 Å². The molecule has 0 aliphatic heterocycles. The number of benzene rings is 2. The van der Waals surface area contributed by atoms with Crippen LogP contribution in [0.3, 0.4) is 0 Å². The Morgan fingerprint density at radius 3 is 2.59 bits per heavy atom. The average molecular weight is 230 g/mol. The molecule has 1 N–H and O–H groups in total. The number of methoxy groups -OCH3 is 1. The van der Waals surface area contributed by atoms with Crippen molar-refractivity contribution in [1.29, 1.82) is 0 Å². The van der Waals surface area contributed by atoms with E-state index in [9.17, 15) is 9.90 Å². The molecule has 0 saturated carbocycles. The van der Waals surface area contributed by atoms with Crippen molar-refractivity contribution >= 4 is 16.7 Å². The van der Waals surface area contributed by atoms with Gasteiger partial charge >= 0.3 is 5.97 Å². The van der Waals surface area contributed by atoms with Crippen LogP contribution in [0.25, 0.3) is 10.8 Å².